The number of methoxy groups -OCH3 is 1. The van der Waals surface area contributed by atoms with Crippen molar-refractivity contribution in [1.29, 1.82) is 0 Å². The fourth-order valence-electron chi connectivity index (χ4n) is 3.02. The molecular formula is C23H16N4O5. The average Bonchev–Trinajstić information content (AvgIpc) is 3.14. The van der Waals surface area contributed by atoms with Crippen LogP contribution in [0.4, 0.5) is 11.4 Å². The molecule has 1 amide bonds. The van der Waals surface area contributed by atoms with E-state index in [2.05, 4.69) is 22.1 Å². The molecule has 0 radical (unpaired) electrons. The van der Waals surface area contributed by atoms with Crippen molar-refractivity contribution in [3.8, 4) is 29.0 Å². The van der Waals surface area contributed by atoms with Gasteiger partial charge in [-0.15, -0.1) is 0 Å². The number of nitrogens with one attached hydrogen (secondary N) is 1. The Morgan fingerprint density at radius 1 is 1.12 bits per heavy atom. The van der Waals surface area contributed by atoms with Crippen molar-refractivity contribution in [2.24, 2.45) is 0 Å². The van der Waals surface area contributed by atoms with E-state index in [9.17, 15) is 20.1 Å². The highest BCUT2D eigenvalue weighted by Gasteiger charge is 2.15. The lowest BCUT2D eigenvalue weighted by molar-refractivity contribution is -0.384. The van der Waals surface area contributed by atoms with Crippen LogP contribution in [-0.2, 0) is 4.79 Å². The lowest BCUT2D eigenvalue weighted by Crippen LogP contribution is -2.08. The molecule has 0 saturated heterocycles. The summed E-state index contributed by atoms with van der Waals surface area (Å²) >= 11 is 0. The van der Waals surface area contributed by atoms with E-state index in [0.29, 0.717) is 28.1 Å². The first-order chi connectivity index (χ1) is 15.4. The van der Waals surface area contributed by atoms with Crippen molar-refractivity contribution >= 4 is 28.3 Å². The number of ether oxygens (including phenoxy) is 1. The Kier molecular flexibility index (Phi) is 5.42. The SMILES string of the molecule is COc1ccc(C#CC(=O)Nc2ccc(-c3nc4ccc([N+](=O)[O-])cc4n3O)cc2)cc1. The van der Waals surface area contributed by atoms with Crippen LogP contribution < -0.4 is 10.1 Å². The molecule has 2 N–H and O–H groups in total. The molecule has 1 heterocycles. The number of carbonyl (C=O) groups excluding carboxylic acids is 1. The Morgan fingerprint density at radius 3 is 2.50 bits per heavy atom. The lowest BCUT2D eigenvalue weighted by Gasteiger charge is -2.04. The molecule has 0 saturated carbocycles. The molecule has 0 spiro atoms. The molecule has 4 rings (SSSR count). The van der Waals surface area contributed by atoms with E-state index in [4.69, 9.17) is 4.74 Å². The van der Waals surface area contributed by atoms with Crippen molar-refractivity contribution < 1.29 is 19.7 Å². The summed E-state index contributed by atoms with van der Waals surface area (Å²) in [6.07, 6.45) is 0. The number of imidazole rings is 1. The predicted octanol–water partition coefficient (Wildman–Crippen LogP) is 3.85. The smallest absolute Gasteiger partial charge is 0.300 e. The lowest BCUT2D eigenvalue weighted by atomic mass is 10.2. The molecule has 1 aromatic heterocycles. The number of nitrogens with zero attached hydrogens (tertiary/aromatic N) is 3. The number of aromatic nitrogens is 2. The van der Waals surface area contributed by atoms with Crippen molar-refractivity contribution in [2.75, 3.05) is 12.4 Å². The Balaban J connectivity index is 1.50. The van der Waals surface area contributed by atoms with Crippen molar-refractivity contribution in [2.45, 2.75) is 0 Å². The second-order valence-corrected chi connectivity index (χ2v) is 6.69. The van der Waals surface area contributed by atoms with Crippen molar-refractivity contribution in [1.82, 2.24) is 9.71 Å². The highest BCUT2D eigenvalue weighted by molar-refractivity contribution is 6.04. The Labute approximate surface area is 182 Å². The van der Waals surface area contributed by atoms with E-state index in [1.54, 1.807) is 55.6 Å². The van der Waals surface area contributed by atoms with E-state index >= 15 is 0 Å². The third-order valence-corrected chi connectivity index (χ3v) is 4.64. The fourth-order valence-corrected chi connectivity index (χ4v) is 3.02. The highest BCUT2D eigenvalue weighted by atomic mass is 16.6. The van der Waals surface area contributed by atoms with Gasteiger partial charge in [0.15, 0.2) is 5.82 Å². The van der Waals surface area contributed by atoms with Gasteiger partial charge in [-0.2, -0.15) is 4.73 Å². The normalized spacial score (nSPS) is 10.3. The molecule has 32 heavy (non-hydrogen) atoms. The standard InChI is InChI=1S/C23H16N4O5/c1-32-19-10-2-15(3-11-19)4-13-22(28)24-17-7-5-16(6-8-17)23-25-20-12-9-18(27(30)31)14-21(20)26(23)29/h2-3,5-12,14,29H,1H3,(H,24,28). The summed E-state index contributed by atoms with van der Waals surface area (Å²) in [5.41, 5.74) is 2.25. The van der Waals surface area contributed by atoms with Crippen molar-refractivity contribution in [3.05, 3.63) is 82.4 Å². The Morgan fingerprint density at radius 2 is 1.84 bits per heavy atom. The summed E-state index contributed by atoms with van der Waals surface area (Å²) in [6.45, 7) is 0. The van der Waals surface area contributed by atoms with Crippen LogP contribution in [0, 0.1) is 22.0 Å². The van der Waals surface area contributed by atoms with Gasteiger partial charge in [-0.1, -0.05) is 5.92 Å². The van der Waals surface area contributed by atoms with Crippen molar-refractivity contribution in [3.63, 3.8) is 0 Å². The number of fused-ring (bicyclic) bond motifs is 1. The Hall–Kier alpha value is -4.84. The van der Waals surface area contributed by atoms with E-state index in [-0.39, 0.29) is 17.0 Å². The molecule has 9 nitrogen and oxygen atoms in total. The molecular weight excluding hydrogens is 412 g/mol. The van der Waals surface area contributed by atoms with Crippen LogP contribution in [0.5, 0.6) is 5.75 Å². The summed E-state index contributed by atoms with van der Waals surface area (Å²) in [4.78, 5) is 26.8. The van der Waals surface area contributed by atoms with E-state index < -0.39 is 10.8 Å². The molecule has 9 heteroatoms. The predicted molar refractivity (Wildman–Crippen MR) is 118 cm³/mol. The van der Waals surface area contributed by atoms with Gasteiger partial charge in [0, 0.05) is 34.9 Å². The number of hydrogen-bond donors (Lipinski definition) is 2. The van der Waals surface area contributed by atoms with Gasteiger partial charge in [0.2, 0.25) is 0 Å². The number of hydrogen-bond acceptors (Lipinski definition) is 6. The van der Waals surface area contributed by atoms with Crippen LogP contribution in [0.25, 0.3) is 22.4 Å². The van der Waals surface area contributed by atoms with Crippen LogP contribution in [-0.4, -0.2) is 32.9 Å². The molecule has 0 fully saturated rings. The largest absolute Gasteiger partial charge is 0.497 e. The maximum Gasteiger partial charge on any atom is 0.300 e. The molecule has 0 aliphatic heterocycles. The Bertz CT molecular complexity index is 1380. The van der Waals surface area contributed by atoms with Crippen LogP contribution >= 0.6 is 0 Å². The summed E-state index contributed by atoms with van der Waals surface area (Å²) < 4.78 is 5.88. The summed E-state index contributed by atoms with van der Waals surface area (Å²) in [7, 11) is 1.57. The fraction of sp³-hybridized carbons (Fsp3) is 0.0435. The first-order valence-corrected chi connectivity index (χ1v) is 9.38. The number of anilines is 1. The number of nitro groups is 1. The number of non-ortho nitro benzene ring substituents is 1. The minimum absolute atomic E-state index is 0.145. The molecule has 0 unspecified atom stereocenters. The molecule has 0 bridgehead atoms. The minimum atomic E-state index is -0.541. The van der Waals surface area contributed by atoms with E-state index in [1.165, 1.54) is 18.2 Å². The maximum atomic E-state index is 12.1. The van der Waals surface area contributed by atoms with Gasteiger partial charge in [0.25, 0.3) is 5.69 Å². The third kappa shape index (κ3) is 4.20. The second kappa shape index (κ2) is 8.49. The third-order valence-electron chi connectivity index (χ3n) is 4.64. The number of amides is 1. The number of rotatable bonds is 4. The summed E-state index contributed by atoms with van der Waals surface area (Å²) in [6, 6.07) is 17.7. The molecule has 0 aliphatic rings. The van der Waals surface area contributed by atoms with Gasteiger partial charge in [0.05, 0.1) is 17.5 Å². The zero-order chi connectivity index (χ0) is 22.7. The van der Waals surface area contributed by atoms with Crippen LogP contribution in [0.1, 0.15) is 5.56 Å². The van der Waals surface area contributed by atoms with Gasteiger partial charge < -0.3 is 15.3 Å². The molecule has 0 aliphatic carbocycles. The number of nitro benzene ring substituents is 1. The van der Waals surface area contributed by atoms with Gasteiger partial charge in [0.1, 0.15) is 11.3 Å². The van der Waals surface area contributed by atoms with E-state index in [0.717, 1.165) is 4.73 Å². The summed E-state index contributed by atoms with van der Waals surface area (Å²) in [5.74, 6) is 5.74. The average molecular weight is 428 g/mol. The first-order valence-electron chi connectivity index (χ1n) is 9.38. The minimum Gasteiger partial charge on any atom is -0.497 e. The summed E-state index contributed by atoms with van der Waals surface area (Å²) in [5, 5.41) is 24.0. The molecule has 4 aromatic rings. The zero-order valence-electron chi connectivity index (χ0n) is 16.8. The molecule has 158 valence electrons. The zero-order valence-corrected chi connectivity index (χ0v) is 16.8. The highest BCUT2D eigenvalue weighted by Crippen LogP contribution is 2.27. The first kappa shape index (κ1) is 20.4. The molecule has 3 aromatic carbocycles. The second-order valence-electron chi connectivity index (χ2n) is 6.69. The van der Waals surface area contributed by atoms with Gasteiger partial charge in [-0.3, -0.25) is 14.9 Å². The topological polar surface area (TPSA) is 120 Å². The van der Waals surface area contributed by atoms with Crippen LogP contribution in [0.2, 0.25) is 0 Å². The van der Waals surface area contributed by atoms with Gasteiger partial charge in [-0.05, 0) is 54.6 Å². The molecule has 0 atom stereocenters. The monoisotopic (exact) mass is 428 g/mol. The van der Waals surface area contributed by atoms with Crippen LogP contribution in [0.15, 0.2) is 66.7 Å². The quantitative estimate of drug-likeness (QED) is 0.221. The number of carbonyl (C=O) groups is 1. The van der Waals surface area contributed by atoms with Crippen LogP contribution in [0.3, 0.4) is 0 Å². The maximum absolute atomic E-state index is 12.1. The van der Waals surface area contributed by atoms with Gasteiger partial charge in [-0.25, -0.2) is 4.98 Å². The van der Waals surface area contributed by atoms with E-state index in [1.807, 2.05) is 0 Å². The van der Waals surface area contributed by atoms with Gasteiger partial charge >= 0.3 is 5.91 Å². The number of benzene rings is 3.